The van der Waals surface area contributed by atoms with Crippen LogP contribution in [0.15, 0.2) is 54.6 Å². The Morgan fingerprint density at radius 1 is 1.09 bits per heavy atom. The Labute approximate surface area is 192 Å². The number of benzene rings is 2. The molecule has 33 heavy (non-hydrogen) atoms. The van der Waals surface area contributed by atoms with Gasteiger partial charge in [0.1, 0.15) is 11.4 Å². The van der Waals surface area contributed by atoms with Crippen LogP contribution in [0.4, 0.5) is 4.79 Å². The average molecular weight is 453 g/mol. The number of cyclic esters (lactones) is 1. The Hall–Kier alpha value is -3.55. The molecular formula is C25H28N2O6. The number of amides is 2. The number of rotatable bonds is 7. The molecule has 2 fully saturated rings. The normalized spacial score (nSPS) is 21.1. The lowest BCUT2D eigenvalue weighted by atomic mass is 9.81. The molecular weight excluding hydrogens is 424 g/mol. The van der Waals surface area contributed by atoms with Gasteiger partial charge in [0.25, 0.3) is 5.91 Å². The zero-order chi connectivity index (χ0) is 23.4. The summed E-state index contributed by atoms with van der Waals surface area (Å²) in [6.45, 7) is 3.82. The smallest absolute Gasteiger partial charge is 0.410 e. The predicted molar refractivity (Wildman–Crippen MR) is 120 cm³/mol. The minimum Gasteiger partial charge on any atom is -0.482 e. The molecule has 4 rings (SSSR count). The molecule has 8 nitrogen and oxygen atoms in total. The van der Waals surface area contributed by atoms with Crippen molar-refractivity contribution in [3.63, 3.8) is 0 Å². The Bertz CT molecular complexity index is 1000. The zero-order valence-electron chi connectivity index (χ0n) is 18.6. The number of carboxylic acid groups (broad SMARTS) is 1. The number of likely N-dealkylation sites (tertiary alicyclic amines) is 1. The van der Waals surface area contributed by atoms with Crippen molar-refractivity contribution in [2.24, 2.45) is 5.92 Å². The van der Waals surface area contributed by atoms with Crippen molar-refractivity contribution >= 4 is 18.0 Å². The molecule has 2 amide bonds. The van der Waals surface area contributed by atoms with Crippen LogP contribution in [0.5, 0.6) is 5.75 Å². The van der Waals surface area contributed by atoms with Gasteiger partial charge in [-0.3, -0.25) is 9.69 Å². The summed E-state index contributed by atoms with van der Waals surface area (Å²) in [5, 5.41) is 8.69. The predicted octanol–water partition coefficient (Wildman–Crippen LogP) is 3.41. The van der Waals surface area contributed by atoms with Gasteiger partial charge in [0.15, 0.2) is 6.61 Å². The van der Waals surface area contributed by atoms with Crippen molar-refractivity contribution in [3.05, 3.63) is 65.7 Å². The number of carboxylic acids is 1. The van der Waals surface area contributed by atoms with Crippen LogP contribution < -0.4 is 4.74 Å². The van der Waals surface area contributed by atoms with Crippen molar-refractivity contribution in [1.29, 1.82) is 0 Å². The summed E-state index contributed by atoms with van der Waals surface area (Å²) in [6, 6.07) is 16.4. The van der Waals surface area contributed by atoms with Gasteiger partial charge in [-0.1, -0.05) is 30.3 Å². The largest absolute Gasteiger partial charge is 0.482 e. The SMILES string of the molecule is C[C@]1(C2CCN(C(=O)c3ccc(OCC(=O)O)cc3)CC2)CN(Cc2ccccc2)C(=O)O1. The van der Waals surface area contributed by atoms with Crippen molar-refractivity contribution in [2.75, 3.05) is 26.2 Å². The van der Waals surface area contributed by atoms with E-state index in [2.05, 4.69) is 0 Å². The Morgan fingerprint density at radius 3 is 2.39 bits per heavy atom. The third-order valence-electron chi connectivity index (χ3n) is 6.41. The van der Waals surface area contributed by atoms with Crippen molar-refractivity contribution in [2.45, 2.75) is 31.9 Å². The number of aliphatic carboxylic acids is 1. The van der Waals surface area contributed by atoms with Crippen molar-refractivity contribution < 1.29 is 29.0 Å². The first-order valence-electron chi connectivity index (χ1n) is 11.1. The molecule has 0 aromatic heterocycles. The molecule has 1 atom stereocenters. The molecule has 8 heteroatoms. The fourth-order valence-corrected chi connectivity index (χ4v) is 4.59. The fourth-order valence-electron chi connectivity index (χ4n) is 4.59. The van der Waals surface area contributed by atoms with Gasteiger partial charge < -0.3 is 19.5 Å². The molecule has 2 aliphatic rings. The molecule has 2 heterocycles. The highest BCUT2D eigenvalue weighted by atomic mass is 16.6. The molecule has 0 saturated carbocycles. The quantitative estimate of drug-likeness (QED) is 0.692. The van der Waals surface area contributed by atoms with E-state index in [1.807, 2.05) is 42.2 Å². The summed E-state index contributed by atoms with van der Waals surface area (Å²) in [5.74, 6) is -0.540. The first-order valence-corrected chi connectivity index (χ1v) is 11.1. The highest BCUT2D eigenvalue weighted by Gasteiger charge is 2.47. The van der Waals surface area contributed by atoms with Gasteiger partial charge in [0, 0.05) is 31.1 Å². The van der Waals surface area contributed by atoms with E-state index in [1.54, 1.807) is 29.2 Å². The third kappa shape index (κ3) is 5.27. The maximum Gasteiger partial charge on any atom is 0.410 e. The summed E-state index contributed by atoms with van der Waals surface area (Å²) in [6.07, 6.45) is 1.23. The minimum absolute atomic E-state index is 0.0718. The van der Waals surface area contributed by atoms with Crippen LogP contribution in [0.2, 0.25) is 0 Å². The highest BCUT2D eigenvalue weighted by Crippen LogP contribution is 2.37. The zero-order valence-corrected chi connectivity index (χ0v) is 18.6. The number of ether oxygens (including phenoxy) is 2. The van der Waals surface area contributed by atoms with E-state index in [0.29, 0.717) is 37.5 Å². The Kier molecular flexibility index (Phi) is 6.53. The summed E-state index contributed by atoms with van der Waals surface area (Å²) < 4.78 is 10.9. The number of hydrogen-bond donors (Lipinski definition) is 1. The summed E-state index contributed by atoms with van der Waals surface area (Å²) in [5.41, 5.74) is 1.03. The van der Waals surface area contributed by atoms with Crippen LogP contribution >= 0.6 is 0 Å². The van der Waals surface area contributed by atoms with Gasteiger partial charge >= 0.3 is 12.1 Å². The van der Waals surface area contributed by atoms with Crippen LogP contribution in [0.1, 0.15) is 35.7 Å². The summed E-state index contributed by atoms with van der Waals surface area (Å²) in [4.78, 5) is 39.6. The molecule has 2 saturated heterocycles. The van der Waals surface area contributed by atoms with Crippen LogP contribution in [0, 0.1) is 5.92 Å². The maximum absolute atomic E-state index is 12.9. The molecule has 2 aromatic rings. The topological polar surface area (TPSA) is 96.4 Å². The lowest BCUT2D eigenvalue weighted by Gasteiger charge is -2.39. The molecule has 2 aliphatic heterocycles. The lowest BCUT2D eigenvalue weighted by Crippen LogP contribution is -2.47. The van der Waals surface area contributed by atoms with E-state index < -0.39 is 18.2 Å². The molecule has 0 spiro atoms. The number of hydrogen-bond acceptors (Lipinski definition) is 5. The molecule has 0 aliphatic carbocycles. The summed E-state index contributed by atoms with van der Waals surface area (Å²) >= 11 is 0. The number of piperidine rings is 1. The van der Waals surface area contributed by atoms with Gasteiger partial charge in [0.2, 0.25) is 0 Å². The third-order valence-corrected chi connectivity index (χ3v) is 6.41. The molecule has 0 bridgehead atoms. The second-order valence-electron chi connectivity index (χ2n) is 8.80. The Morgan fingerprint density at radius 2 is 1.76 bits per heavy atom. The summed E-state index contributed by atoms with van der Waals surface area (Å²) in [7, 11) is 0. The van der Waals surface area contributed by atoms with E-state index in [9.17, 15) is 14.4 Å². The first-order chi connectivity index (χ1) is 15.8. The van der Waals surface area contributed by atoms with E-state index in [0.717, 1.165) is 18.4 Å². The van der Waals surface area contributed by atoms with Crippen LogP contribution in [0.25, 0.3) is 0 Å². The first kappa shape index (κ1) is 22.6. The minimum atomic E-state index is -1.05. The molecule has 0 radical (unpaired) electrons. The van der Waals surface area contributed by atoms with Crippen LogP contribution in [-0.4, -0.2) is 64.7 Å². The average Bonchev–Trinajstić information content (AvgIpc) is 3.12. The second-order valence-corrected chi connectivity index (χ2v) is 8.80. The van der Waals surface area contributed by atoms with Gasteiger partial charge in [-0.2, -0.15) is 0 Å². The van der Waals surface area contributed by atoms with E-state index >= 15 is 0 Å². The monoisotopic (exact) mass is 452 g/mol. The molecule has 2 aromatic carbocycles. The maximum atomic E-state index is 12.9. The van der Waals surface area contributed by atoms with Gasteiger partial charge in [-0.05, 0) is 49.6 Å². The molecule has 0 unspecified atom stereocenters. The fraction of sp³-hybridized carbons (Fsp3) is 0.400. The number of nitrogens with zero attached hydrogens (tertiary/aromatic N) is 2. The van der Waals surface area contributed by atoms with Crippen LogP contribution in [-0.2, 0) is 16.1 Å². The van der Waals surface area contributed by atoms with Gasteiger partial charge in [-0.25, -0.2) is 9.59 Å². The van der Waals surface area contributed by atoms with Crippen molar-refractivity contribution in [1.82, 2.24) is 9.80 Å². The van der Waals surface area contributed by atoms with E-state index in [4.69, 9.17) is 14.6 Å². The van der Waals surface area contributed by atoms with E-state index in [-0.39, 0.29) is 17.9 Å². The highest BCUT2D eigenvalue weighted by molar-refractivity contribution is 5.94. The lowest BCUT2D eigenvalue weighted by molar-refractivity contribution is -0.139. The molecule has 174 valence electrons. The number of carbonyl (C=O) groups is 3. The standard InChI is InChI=1S/C25H28N2O6/c1-25(17-27(24(31)33-25)15-18-5-3-2-4-6-18)20-11-13-26(14-12-20)23(30)19-7-9-21(10-8-19)32-16-22(28)29/h2-10,20H,11-17H2,1H3,(H,28,29)/t25-/m1/s1. The Balaban J connectivity index is 1.31. The van der Waals surface area contributed by atoms with E-state index in [1.165, 1.54) is 0 Å². The van der Waals surface area contributed by atoms with Gasteiger partial charge in [-0.15, -0.1) is 0 Å². The molecule has 1 N–H and O–H groups in total. The van der Waals surface area contributed by atoms with Gasteiger partial charge in [0.05, 0.1) is 6.54 Å². The second kappa shape index (κ2) is 9.52. The van der Waals surface area contributed by atoms with Crippen LogP contribution in [0.3, 0.4) is 0 Å². The number of carbonyl (C=O) groups excluding carboxylic acids is 2. The van der Waals surface area contributed by atoms with Crippen molar-refractivity contribution in [3.8, 4) is 5.75 Å².